The van der Waals surface area contributed by atoms with Crippen LogP contribution in [0.5, 0.6) is 0 Å². The number of hydrogen-bond donors (Lipinski definition) is 2. The van der Waals surface area contributed by atoms with Crippen molar-refractivity contribution in [2.24, 2.45) is 0 Å². The molecule has 1 aromatic rings. The maximum atomic E-state index is 11.3. The quantitative estimate of drug-likeness (QED) is 0.840. The highest BCUT2D eigenvalue weighted by molar-refractivity contribution is 7.92. The minimum atomic E-state index is -3.80. The zero-order valence-electron chi connectivity index (χ0n) is 8.22. The Balaban J connectivity index is 3.11. The molecule has 0 radical (unpaired) electrons. The van der Waals surface area contributed by atoms with E-state index in [0.29, 0.717) is 5.56 Å². The van der Waals surface area contributed by atoms with Crippen LogP contribution >= 0.6 is 11.3 Å². The van der Waals surface area contributed by atoms with Crippen molar-refractivity contribution in [2.45, 2.75) is 6.92 Å². The van der Waals surface area contributed by atoms with Crippen LogP contribution in [0.1, 0.15) is 15.2 Å². The normalized spacial score (nSPS) is 10.8. The SMILES string of the molecule is Cc1csc(C(=O)O)c1NS(=O)(=O)CC#N. The molecule has 1 rings (SSSR count). The van der Waals surface area contributed by atoms with Gasteiger partial charge in [0.1, 0.15) is 4.88 Å². The number of carboxylic acids is 1. The number of aryl methyl sites for hydroxylation is 1. The monoisotopic (exact) mass is 260 g/mol. The van der Waals surface area contributed by atoms with Gasteiger partial charge in [-0.25, -0.2) is 13.2 Å². The predicted octanol–water partition coefficient (Wildman–Crippen LogP) is 1.02. The molecule has 0 saturated heterocycles. The van der Waals surface area contributed by atoms with E-state index in [2.05, 4.69) is 4.72 Å². The maximum Gasteiger partial charge on any atom is 0.348 e. The standard InChI is InChI=1S/C8H8N2O4S2/c1-5-4-15-7(8(11)12)6(5)10-16(13,14)3-2-9/h4,10H,3H2,1H3,(H,11,12). The smallest absolute Gasteiger partial charge is 0.348 e. The molecule has 0 atom stereocenters. The Morgan fingerprint density at radius 1 is 1.69 bits per heavy atom. The van der Waals surface area contributed by atoms with Crippen molar-refractivity contribution in [1.82, 2.24) is 0 Å². The highest BCUT2D eigenvalue weighted by Gasteiger charge is 2.19. The topological polar surface area (TPSA) is 107 Å². The van der Waals surface area contributed by atoms with E-state index in [0.717, 1.165) is 11.3 Å². The van der Waals surface area contributed by atoms with Crippen LogP contribution in [0.2, 0.25) is 0 Å². The lowest BCUT2D eigenvalue weighted by Gasteiger charge is -2.05. The zero-order chi connectivity index (χ0) is 12.3. The Kier molecular flexibility index (Phi) is 3.51. The van der Waals surface area contributed by atoms with Gasteiger partial charge in [0.25, 0.3) is 0 Å². The summed E-state index contributed by atoms with van der Waals surface area (Å²) in [4.78, 5) is 10.7. The summed E-state index contributed by atoms with van der Waals surface area (Å²) < 4.78 is 24.7. The van der Waals surface area contributed by atoms with Gasteiger partial charge in [0.2, 0.25) is 10.0 Å². The van der Waals surface area contributed by atoms with Crippen molar-refractivity contribution in [3.8, 4) is 6.07 Å². The van der Waals surface area contributed by atoms with Crippen LogP contribution in [0.4, 0.5) is 5.69 Å². The molecule has 86 valence electrons. The first-order valence-electron chi connectivity index (χ1n) is 4.06. The third-order valence-electron chi connectivity index (χ3n) is 1.68. The molecule has 8 heteroatoms. The number of anilines is 1. The lowest BCUT2D eigenvalue weighted by atomic mass is 10.3. The fourth-order valence-electron chi connectivity index (χ4n) is 1.00. The van der Waals surface area contributed by atoms with Crippen LogP contribution in [-0.2, 0) is 10.0 Å². The van der Waals surface area contributed by atoms with Gasteiger partial charge in [-0.3, -0.25) is 4.72 Å². The van der Waals surface area contributed by atoms with E-state index in [1.165, 1.54) is 11.4 Å². The summed E-state index contributed by atoms with van der Waals surface area (Å²) in [7, 11) is -3.80. The second-order valence-corrected chi connectivity index (χ2v) is 5.55. The summed E-state index contributed by atoms with van der Waals surface area (Å²) in [5.41, 5.74) is 0.552. The van der Waals surface area contributed by atoms with Gasteiger partial charge in [-0.1, -0.05) is 0 Å². The van der Waals surface area contributed by atoms with Crippen LogP contribution in [0.15, 0.2) is 5.38 Å². The van der Waals surface area contributed by atoms with Gasteiger partial charge in [0, 0.05) is 0 Å². The molecule has 0 spiro atoms. The Morgan fingerprint density at radius 2 is 2.31 bits per heavy atom. The second kappa shape index (κ2) is 4.51. The number of nitrogens with zero attached hydrogens (tertiary/aromatic N) is 1. The number of nitriles is 1. The second-order valence-electron chi connectivity index (χ2n) is 2.95. The Hall–Kier alpha value is -1.59. The molecule has 2 N–H and O–H groups in total. The number of thiophene rings is 1. The molecule has 16 heavy (non-hydrogen) atoms. The van der Waals surface area contributed by atoms with Gasteiger partial charge in [-0.05, 0) is 17.9 Å². The molecular weight excluding hydrogens is 252 g/mol. The van der Waals surface area contributed by atoms with E-state index in [9.17, 15) is 13.2 Å². The molecule has 0 amide bonds. The average Bonchev–Trinajstić information content (AvgIpc) is 2.47. The van der Waals surface area contributed by atoms with E-state index in [1.54, 1.807) is 6.92 Å². The fourth-order valence-corrected chi connectivity index (χ4v) is 2.73. The minimum absolute atomic E-state index is 0.0350. The molecular formula is C8H8N2O4S2. The van der Waals surface area contributed by atoms with Gasteiger partial charge in [0.15, 0.2) is 5.75 Å². The van der Waals surface area contributed by atoms with E-state index >= 15 is 0 Å². The predicted molar refractivity (Wildman–Crippen MR) is 59.0 cm³/mol. The maximum absolute atomic E-state index is 11.3. The molecule has 0 unspecified atom stereocenters. The lowest BCUT2D eigenvalue weighted by Crippen LogP contribution is -2.17. The molecule has 0 aromatic carbocycles. The Morgan fingerprint density at radius 3 is 2.81 bits per heavy atom. The first kappa shape index (κ1) is 12.5. The van der Waals surface area contributed by atoms with Gasteiger partial charge in [0.05, 0.1) is 11.8 Å². The molecule has 0 aliphatic heterocycles. The van der Waals surface area contributed by atoms with Gasteiger partial charge >= 0.3 is 5.97 Å². The van der Waals surface area contributed by atoms with Crippen LogP contribution < -0.4 is 4.72 Å². The van der Waals surface area contributed by atoms with Crippen molar-refractivity contribution in [1.29, 1.82) is 5.26 Å². The van der Waals surface area contributed by atoms with Crippen molar-refractivity contribution in [3.63, 3.8) is 0 Å². The molecule has 0 fully saturated rings. The van der Waals surface area contributed by atoms with E-state index in [-0.39, 0.29) is 10.6 Å². The number of carbonyl (C=O) groups is 1. The number of rotatable bonds is 4. The summed E-state index contributed by atoms with van der Waals surface area (Å²) >= 11 is 0.934. The van der Waals surface area contributed by atoms with Gasteiger partial charge < -0.3 is 5.11 Å². The number of sulfonamides is 1. The molecule has 1 aromatic heterocycles. The van der Waals surface area contributed by atoms with Crippen LogP contribution in [0.25, 0.3) is 0 Å². The first-order valence-corrected chi connectivity index (χ1v) is 6.59. The van der Waals surface area contributed by atoms with Crippen LogP contribution in [0, 0.1) is 18.3 Å². The third-order valence-corrected chi connectivity index (χ3v) is 3.79. The third kappa shape index (κ3) is 2.71. The lowest BCUT2D eigenvalue weighted by molar-refractivity contribution is 0.0703. The highest BCUT2D eigenvalue weighted by atomic mass is 32.2. The van der Waals surface area contributed by atoms with Crippen molar-refractivity contribution in [2.75, 3.05) is 10.5 Å². The Bertz CT molecular complexity index is 553. The van der Waals surface area contributed by atoms with Crippen molar-refractivity contribution in [3.05, 3.63) is 15.8 Å². The molecule has 1 heterocycles. The summed E-state index contributed by atoms with van der Waals surface area (Å²) in [6, 6.07) is 1.49. The van der Waals surface area contributed by atoms with Gasteiger partial charge in [-0.2, -0.15) is 5.26 Å². The number of nitrogens with one attached hydrogen (secondary N) is 1. The van der Waals surface area contributed by atoms with Crippen molar-refractivity contribution < 1.29 is 18.3 Å². The number of aromatic carboxylic acids is 1. The molecule has 0 bridgehead atoms. The first-order chi connectivity index (χ1) is 7.37. The van der Waals surface area contributed by atoms with E-state index in [1.807, 2.05) is 0 Å². The van der Waals surface area contributed by atoms with Crippen LogP contribution in [0.3, 0.4) is 0 Å². The molecule has 6 nitrogen and oxygen atoms in total. The molecule has 0 saturated carbocycles. The van der Waals surface area contributed by atoms with Crippen LogP contribution in [-0.4, -0.2) is 25.2 Å². The fraction of sp³-hybridized carbons (Fsp3) is 0.250. The number of hydrogen-bond acceptors (Lipinski definition) is 5. The van der Waals surface area contributed by atoms with Crippen molar-refractivity contribution >= 4 is 33.0 Å². The number of carboxylic acid groups (broad SMARTS) is 1. The zero-order valence-corrected chi connectivity index (χ0v) is 9.85. The highest BCUT2D eigenvalue weighted by Crippen LogP contribution is 2.28. The summed E-state index contributed by atoms with van der Waals surface area (Å²) in [5, 5.41) is 18.6. The molecule has 0 aliphatic rings. The van der Waals surface area contributed by atoms with Gasteiger partial charge in [-0.15, -0.1) is 11.3 Å². The van der Waals surface area contributed by atoms with E-state index < -0.39 is 21.7 Å². The average molecular weight is 260 g/mol. The summed E-state index contributed by atoms with van der Waals surface area (Å²) in [6.45, 7) is 1.59. The summed E-state index contributed by atoms with van der Waals surface area (Å²) in [5.74, 6) is -1.91. The summed E-state index contributed by atoms with van der Waals surface area (Å²) in [6.07, 6.45) is 0. The van der Waals surface area contributed by atoms with E-state index in [4.69, 9.17) is 10.4 Å². The Labute approximate surface area is 96.2 Å². The minimum Gasteiger partial charge on any atom is -0.477 e. The largest absolute Gasteiger partial charge is 0.477 e. The molecule has 0 aliphatic carbocycles.